The molecule has 2 heterocycles. The third-order valence-corrected chi connectivity index (χ3v) is 6.40. The Labute approximate surface area is 169 Å². The zero-order valence-corrected chi connectivity index (χ0v) is 16.8. The predicted molar refractivity (Wildman–Crippen MR) is 106 cm³/mol. The third-order valence-electron chi connectivity index (χ3n) is 6.40. The second-order valence-electron chi connectivity index (χ2n) is 8.50. The Balaban J connectivity index is 1.38. The number of nitrogens with zero attached hydrogens (tertiary/aromatic N) is 2. The molecule has 29 heavy (non-hydrogen) atoms. The fourth-order valence-electron chi connectivity index (χ4n) is 4.65. The van der Waals surface area contributed by atoms with E-state index in [0.717, 1.165) is 24.1 Å². The number of halogens is 1. The second-order valence-corrected chi connectivity index (χ2v) is 8.50. The molecular formula is C21H27FN4O3. The van der Waals surface area contributed by atoms with Crippen molar-refractivity contribution in [2.24, 2.45) is 11.8 Å². The summed E-state index contributed by atoms with van der Waals surface area (Å²) in [6.45, 7) is 6.14. The number of anilines is 1. The SMILES string of the molecule is Cc1ccc(F)cc1N1CCN(C(=O)C(C)CC2(C3CC3)NC(=O)NC2=O)CC1. The van der Waals surface area contributed by atoms with Crippen LogP contribution in [0, 0.1) is 24.6 Å². The zero-order chi connectivity index (χ0) is 20.8. The van der Waals surface area contributed by atoms with Crippen molar-refractivity contribution in [2.45, 2.75) is 38.6 Å². The van der Waals surface area contributed by atoms with Crippen LogP contribution in [0.4, 0.5) is 14.9 Å². The van der Waals surface area contributed by atoms with Crippen LogP contribution in [0.15, 0.2) is 18.2 Å². The van der Waals surface area contributed by atoms with E-state index in [4.69, 9.17) is 0 Å². The van der Waals surface area contributed by atoms with E-state index in [9.17, 15) is 18.8 Å². The lowest BCUT2D eigenvalue weighted by Crippen LogP contribution is -2.54. The minimum atomic E-state index is -0.952. The van der Waals surface area contributed by atoms with Gasteiger partial charge in [-0.3, -0.25) is 14.9 Å². The van der Waals surface area contributed by atoms with Gasteiger partial charge in [0.25, 0.3) is 5.91 Å². The lowest BCUT2D eigenvalue weighted by molar-refractivity contribution is -0.136. The predicted octanol–water partition coefficient (Wildman–Crippen LogP) is 1.80. The Hall–Kier alpha value is -2.64. The van der Waals surface area contributed by atoms with Gasteiger partial charge in [0.05, 0.1) is 0 Å². The summed E-state index contributed by atoms with van der Waals surface area (Å²) in [4.78, 5) is 41.1. The van der Waals surface area contributed by atoms with Crippen molar-refractivity contribution in [2.75, 3.05) is 31.1 Å². The number of urea groups is 1. The molecule has 1 aromatic carbocycles. The average molecular weight is 402 g/mol. The first kappa shape index (κ1) is 19.7. The number of hydrogen-bond acceptors (Lipinski definition) is 4. The summed E-state index contributed by atoms with van der Waals surface area (Å²) in [5.74, 6) is -0.843. The van der Waals surface area contributed by atoms with Crippen LogP contribution >= 0.6 is 0 Å². The lowest BCUT2D eigenvalue weighted by Gasteiger charge is -2.38. The minimum Gasteiger partial charge on any atom is -0.368 e. The molecule has 7 nitrogen and oxygen atoms in total. The number of carbonyl (C=O) groups is 3. The molecule has 2 N–H and O–H groups in total. The molecule has 1 saturated carbocycles. The zero-order valence-electron chi connectivity index (χ0n) is 16.8. The second kappa shape index (κ2) is 7.31. The fourth-order valence-corrected chi connectivity index (χ4v) is 4.65. The van der Waals surface area contributed by atoms with Crippen LogP contribution in [-0.2, 0) is 9.59 Å². The van der Waals surface area contributed by atoms with Crippen LogP contribution in [0.2, 0.25) is 0 Å². The van der Waals surface area contributed by atoms with Crippen LogP contribution in [0.5, 0.6) is 0 Å². The highest BCUT2D eigenvalue weighted by Crippen LogP contribution is 2.44. The Morgan fingerprint density at radius 2 is 1.93 bits per heavy atom. The summed E-state index contributed by atoms with van der Waals surface area (Å²) >= 11 is 0. The molecule has 0 spiro atoms. The quantitative estimate of drug-likeness (QED) is 0.736. The maximum atomic E-state index is 13.6. The highest BCUT2D eigenvalue weighted by atomic mass is 19.1. The van der Waals surface area contributed by atoms with E-state index >= 15 is 0 Å². The van der Waals surface area contributed by atoms with Gasteiger partial charge >= 0.3 is 6.03 Å². The maximum absolute atomic E-state index is 13.6. The fraction of sp³-hybridized carbons (Fsp3) is 0.571. The van der Waals surface area contributed by atoms with Gasteiger partial charge in [0.15, 0.2) is 0 Å². The van der Waals surface area contributed by atoms with E-state index in [1.54, 1.807) is 6.07 Å². The lowest BCUT2D eigenvalue weighted by atomic mass is 9.83. The number of carbonyl (C=O) groups excluding carboxylic acids is 3. The standard InChI is InChI=1S/C21H27FN4O3/c1-13-3-6-16(22)11-17(13)25-7-9-26(10-8-25)18(27)14(2)12-21(15-4-5-15)19(28)23-20(29)24-21/h3,6,11,14-15H,4-5,7-10,12H2,1-2H3,(H2,23,24,28,29). The van der Waals surface area contributed by atoms with E-state index in [-0.39, 0.29) is 29.5 Å². The van der Waals surface area contributed by atoms with Gasteiger partial charge in [0.2, 0.25) is 5.91 Å². The van der Waals surface area contributed by atoms with Crippen LogP contribution in [0.3, 0.4) is 0 Å². The van der Waals surface area contributed by atoms with Gasteiger partial charge in [-0.05, 0) is 49.8 Å². The van der Waals surface area contributed by atoms with Gasteiger partial charge in [-0.15, -0.1) is 0 Å². The molecule has 2 saturated heterocycles. The molecule has 8 heteroatoms. The Morgan fingerprint density at radius 1 is 1.24 bits per heavy atom. The van der Waals surface area contributed by atoms with Crippen molar-refractivity contribution < 1.29 is 18.8 Å². The molecule has 3 aliphatic rings. The molecule has 4 rings (SSSR count). The van der Waals surface area contributed by atoms with Crippen molar-refractivity contribution in [1.82, 2.24) is 15.5 Å². The summed E-state index contributed by atoms with van der Waals surface area (Å²) in [6.07, 6.45) is 2.10. The number of rotatable bonds is 5. The molecule has 2 aliphatic heterocycles. The first-order chi connectivity index (χ1) is 13.8. The first-order valence-corrected chi connectivity index (χ1v) is 10.2. The van der Waals surface area contributed by atoms with E-state index in [1.165, 1.54) is 12.1 Å². The molecule has 1 aliphatic carbocycles. The van der Waals surface area contributed by atoms with Crippen LogP contribution in [0.1, 0.15) is 31.7 Å². The van der Waals surface area contributed by atoms with Gasteiger partial charge in [-0.1, -0.05) is 13.0 Å². The molecule has 0 radical (unpaired) electrons. The molecule has 156 valence electrons. The van der Waals surface area contributed by atoms with Gasteiger partial charge in [-0.2, -0.15) is 0 Å². The number of piperazine rings is 1. The van der Waals surface area contributed by atoms with Crippen LogP contribution in [0.25, 0.3) is 0 Å². The summed E-state index contributed by atoms with van der Waals surface area (Å²) in [7, 11) is 0. The van der Waals surface area contributed by atoms with Crippen molar-refractivity contribution in [1.29, 1.82) is 0 Å². The van der Waals surface area contributed by atoms with Gasteiger partial charge in [-0.25, -0.2) is 9.18 Å². The smallest absolute Gasteiger partial charge is 0.322 e. The Kier molecular flexibility index (Phi) is 4.96. The molecule has 0 aromatic heterocycles. The summed E-state index contributed by atoms with van der Waals surface area (Å²) in [5, 5.41) is 5.13. The van der Waals surface area contributed by atoms with E-state index < -0.39 is 11.6 Å². The van der Waals surface area contributed by atoms with E-state index in [2.05, 4.69) is 15.5 Å². The normalized spacial score (nSPS) is 25.6. The van der Waals surface area contributed by atoms with Crippen LogP contribution in [-0.4, -0.2) is 54.5 Å². The summed E-state index contributed by atoms with van der Waals surface area (Å²) in [5.41, 5.74) is 0.921. The average Bonchev–Trinajstić information content (AvgIpc) is 3.50. The van der Waals surface area contributed by atoms with Gasteiger partial charge in [0, 0.05) is 37.8 Å². The molecule has 0 bridgehead atoms. The molecule has 2 atom stereocenters. The summed E-state index contributed by atoms with van der Waals surface area (Å²) in [6, 6.07) is 4.28. The highest BCUT2D eigenvalue weighted by molar-refractivity contribution is 6.07. The molecule has 2 unspecified atom stereocenters. The summed E-state index contributed by atoms with van der Waals surface area (Å²) < 4.78 is 13.6. The number of imide groups is 1. The van der Waals surface area contributed by atoms with Gasteiger partial charge < -0.3 is 15.1 Å². The van der Waals surface area contributed by atoms with E-state index in [1.807, 2.05) is 18.7 Å². The van der Waals surface area contributed by atoms with Crippen molar-refractivity contribution in [3.8, 4) is 0 Å². The number of benzene rings is 1. The number of nitrogens with one attached hydrogen (secondary N) is 2. The third kappa shape index (κ3) is 3.68. The number of amides is 4. The highest BCUT2D eigenvalue weighted by Gasteiger charge is 2.56. The number of aryl methyl sites for hydroxylation is 1. The molecular weight excluding hydrogens is 375 g/mol. The molecule has 1 aromatic rings. The van der Waals surface area contributed by atoms with Gasteiger partial charge in [0.1, 0.15) is 11.4 Å². The molecule has 4 amide bonds. The first-order valence-electron chi connectivity index (χ1n) is 10.2. The minimum absolute atomic E-state index is 0.00501. The Morgan fingerprint density at radius 3 is 2.52 bits per heavy atom. The Bertz CT molecular complexity index is 848. The van der Waals surface area contributed by atoms with E-state index in [0.29, 0.717) is 32.6 Å². The monoisotopic (exact) mass is 402 g/mol. The topological polar surface area (TPSA) is 81.8 Å². The molecule has 3 fully saturated rings. The van der Waals surface area contributed by atoms with Crippen LogP contribution < -0.4 is 15.5 Å². The van der Waals surface area contributed by atoms with Crippen molar-refractivity contribution in [3.05, 3.63) is 29.6 Å². The van der Waals surface area contributed by atoms with Crippen molar-refractivity contribution in [3.63, 3.8) is 0 Å². The largest absolute Gasteiger partial charge is 0.368 e. The maximum Gasteiger partial charge on any atom is 0.322 e. The van der Waals surface area contributed by atoms with Crippen molar-refractivity contribution >= 4 is 23.5 Å². The number of hydrogen-bond donors (Lipinski definition) is 2.